The normalized spacial score (nSPS) is 12.9. The van der Waals surface area contributed by atoms with Gasteiger partial charge in [0.2, 0.25) is 0 Å². The number of anilines is 1. The second-order valence-electron chi connectivity index (χ2n) is 8.44. The maximum absolute atomic E-state index is 12.5. The number of hydrogen-bond acceptors (Lipinski definition) is 7. The molecule has 3 aromatic rings. The maximum Gasteiger partial charge on any atom is 0.341 e. The fraction of sp³-hybridized carbons (Fsp3) is 0.259. The highest BCUT2D eigenvalue weighted by Crippen LogP contribution is 2.38. The van der Waals surface area contributed by atoms with Crippen LogP contribution in [0, 0.1) is 0 Å². The number of fused-ring (bicyclic) bond motifs is 1. The number of methoxy groups -OCH3 is 1. The standard InChI is InChI=1S/C27H26ClN3O5S/c1-16(18-9-13-20(14-10-18)36-15-17-7-11-19(28)12-8-17)30-31-25(33)24(32)29-26-23(27(34)35-2)21-5-3-4-6-22(21)37-26/h7-14H,3-6,15H2,1-2H3,(H,29,32)(H,31,33)/b30-16+. The lowest BCUT2D eigenvalue weighted by molar-refractivity contribution is -0.136. The number of esters is 1. The van der Waals surface area contributed by atoms with Crippen LogP contribution in [0.1, 0.15) is 51.7 Å². The first-order chi connectivity index (χ1) is 17.9. The molecular weight excluding hydrogens is 514 g/mol. The topological polar surface area (TPSA) is 106 Å². The fourth-order valence-electron chi connectivity index (χ4n) is 3.92. The predicted molar refractivity (Wildman–Crippen MR) is 144 cm³/mol. The van der Waals surface area contributed by atoms with Crippen LogP contribution in [-0.2, 0) is 33.8 Å². The van der Waals surface area contributed by atoms with E-state index in [1.54, 1.807) is 31.2 Å². The summed E-state index contributed by atoms with van der Waals surface area (Å²) in [5.41, 5.74) is 5.76. The molecular formula is C27H26ClN3O5S. The number of aryl methyl sites for hydroxylation is 1. The average molecular weight is 540 g/mol. The molecule has 2 aromatic carbocycles. The van der Waals surface area contributed by atoms with Crippen LogP contribution in [0.25, 0.3) is 0 Å². The van der Waals surface area contributed by atoms with Gasteiger partial charge in [-0.25, -0.2) is 10.2 Å². The molecule has 0 saturated carbocycles. The minimum Gasteiger partial charge on any atom is -0.489 e. The number of hydrogen-bond donors (Lipinski definition) is 2. The van der Waals surface area contributed by atoms with E-state index >= 15 is 0 Å². The number of hydrazone groups is 1. The molecule has 4 rings (SSSR count). The summed E-state index contributed by atoms with van der Waals surface area (Å²) in [4.78, 5) is 38.3. The van der Waals surface area contributed by atoms with Crippen molar-refractivity contribution in [1.82, 2.24) is 5.43 Å². The van der Waals surface area contributed by atoms with E-state index in [2.05, 4.69) is 15.8 Å². The van der Waals surface area contributed by atoms with Crippen LogP contribution in [0.5, 0.6) is 5.75 Å². The van der Waals surface area contributed by atoms with Crippen LogP contribution in [0.2, 0.25) is 5.02 Å². The van der Waals surface area contributed by atoms with Crippen molar-refractivity contribution in [3.05, 3.63) is 80.7 Å². The number of halogens is 1. The van der Waals surface area contributed by atoms with E-state index in [0.717, 1.165) is 47.3 Å². The van der Waals surface area contributed by atoms with Gasteiger partial charge < -0.3 is 14.8 Å². The van der Waals surface area contributed by atoms with Gasteiger partial charge in [-0.15, -0.1) is 11.3 Å². The lowest BCUT2D eigenvalue weighted by Crippen LogP contribution is -2.33. The summed E-state index contributed by atoms with van der Waals surface area (Å²) in [7, 11) is 1.29. The number of thiophene rings is 1. The molecule has 192 valence electrons. The summed E-state index contributed by atoms with van der Waals surface area (Å²) in [6.07, 6.45) is 3.56. The molecule has 0 atom stereocenters. The number of carbonyl (C=O) groups is 3. The number of benzene rings is 2. The largest absolute Gasteiger partial charge is 0.489 e. The quantitative estimate of drug-likeness (QED) is 0.187. The van der Waals surface area contributed by atoms with Gasteiger partial charge in [0.15, 0.2) is 0 Å². The van der Waals surface area contributed by atoms with Crippen LogP contribution in [0.4, 0.5) is 5.00 Å². The third-order valence-electron chi connectivity index (χ3n) is 5.91. The molecule has 0 spiro atoms. The van der Waals surface area contributed by atoms with Gasteiger partial charge >= 0.3 is 17.8 Å². The summed E-state index contributed by atoms with van der Waals surface area (Å²) >= 11 is 7.21. The Bertz CT molecular complexity index is 1330. The Morgan fingerprint density at radius 1 is 1.00 bits per heavy atom. The zero-order valence-electron chi connectivity index (χ0n) is 20.4. The highest BCUT2D eigenvalue weighted by Gasteiger charge is 2.28. The molecule has 1 aliphatic carbocycles. The number of nitrogens with one attached hydrogen (secondary N) is 2. The summed E-state index contributed by atoms with van der Waals surface area (Å²) in [5.74, 6) is -1.70. The van der Waals surface area contributed by atoms with Crippen LogP contribution in [-0.4, -0.2) is 30.6 Å². The van der Waals surface area contributed by atoms with Gasteiger partial charge in [-0.05, 0) is 85.7 Å². The van der Waals surface area contributed by atoms with Gasteiger partial charge in [0, 0.05) is 9.90 Å². The highest BCUT2D eigenvalue weighted by molar-refractivity contribution is 7.17. The van der Waals surface area contributed by atoms with Crippen molar-refractivity contribution < 1.29 is 23.9 Å². The van der Waals surface area contributed by atoms with Crippen molar-refractivity contribution in [2.45, 2.75) is 39.2 Å². The monoisotopic (exact) mass is 539 g/mol. The van der Waals surface area contributed by atoms with Gasteiger partial charge in [-0.1, -0.05) is 23.7 Å². The third kappa shape index (κ3) is 6.55. The average Bonchev–Trinajstić information content (AvgIpc) is 3.28. The van der Waals surface area contributed by atoms with Gasteiger partial charge in [0.05, 0.1) is 18.4 Å². The van der Waals surface area contributed by atoms with Crippen LogP contribution < -0.4 is 15.5 Å². The van der Waals surface area contributed by atoms with Gasteiger partial charge in [0.1, 0.15) is 17.4 Å². The number of ether oxygens (including phenoxy) is 2. The van der Waals surface area contributed by atoms with E-state index in [4.69, 9.17) is 21.1 Å². The first-order valence-corrected chi connectivity index (χ1v) is 12.9. The highest BCUT2D eigenvalue weighted by atomic mass is 35.5. The van der Waals surface area contributed by atoms with E-state index in [9.17, 15) is 14.4 Å². The fourth-order valence-corrected chi connectivity index (χ4v) is 5.32. The van der Waals surface area contributed by atoms with E-state index < -0.39 is 17.8 Å². The molecule has 1 aromatic heterocycles. The Labute approximate surface area is 223 Å². The molecule has 8 nitrogen and oxygen atoms in total. The van der Waals surface area contributed by atoms with Crippen LogP contribution in [0.15, 0.2) is 53.6 Å². The Morgan fingerprint density at radius 3 is 2.41 bits per heavy atom. The summed E-state index contributed by atoms with van der Waals surface area (Å²) in [6, 6.07) is 14.6. The lowest BCUT2D eigenvalue weighted by atomic mass is 9.95. The van der Waals surface area contributed by atoms with Crippen LogP contribution >= 0.6 is 22.9 Å². The molecule has 2 N–H and O–H groups in total. The van der Waals surface area contributed by atoms with Gasteiger partial charge in [-0.3, -0.25) is 9.59 Å². The molecule has 10 heteroatoms. The summed E-state index contributed by atoms with van der Waals surface area (Å²) in [5, 5.41) is 7.60. The Hall–Kier alpha value is -3.69. The minimum absolute atomic E-state index is 0.328. The molecule has 0 unspecified atom stereocenters. The molecule has 0 radical (unpaired) electrons. The van der Waals surface area contributed by atoms with Crippen molar-refractivity contribution >= 4 is 51.4 Å². The number of rotatable bonds is 7. The first kappa shape index (κ1) is 26.4. The smallest absolute Gasteiger partial charge is 0.341 e. The third-order valence-corrected chi connectivity index (χ3v) is 7.37. The second-order valence-corrected chi connectivity index (χ2v) is 9.98. The summed E-state index contributed by atoms with van der Waals surface area (Å²) < 4.78 is 10.7. The zero-order chi connectivity index (χ0) is 26.4. The molecule has 1 aliphatic rings. The Morgan fingerprint density at radius 2 is 1.70 bits per heavy atom. The molecule has 0 saturated heterocycles. The number of amides is 2. The molecule has 0 bridgehead atoms. The van der Waals surface area contributed by atoms with E-state index in [-0.39, 0.29) is 0 Å². The van der Waals surface area contributed by atoms with E-state index in [1.165, 1.54) is 18.4 Å². The Balaban J connectivity index is 1.35. The van der Waals surface area contributed by atoms with Gasteiger partial charge in [0.25, 0.3) is 0 Å². The minimum atomic E-state index is -0.940. The predicted octanol–water partition coefficient (Wildman–Crippen LogP) is 5.12. The number of carbonyl (C=O) groups excluding carboxylic acids is 3. The molecule has 37 heavy (non-hydrogen) atoms. The van der Waals surface area contributed by atoms with Gasteiger partial charge in [-0.2, -0.15) is 5.10 Å². The molecule has 0 fully saturated rings. The molecule has 0 aliphatic heterocycles. The maximum atomic E-state index is 12.5. The number of nitrogens with zero attached hydrogens (tertiary/aromatic N) is 1. The molecule has 2 amide bonds. The van der Waals surface area contributed by atoms with E-state index in [1.807, 2.05) is 24.3 Å². The lowest BCUT2D eigenvalue weighted by Gasteiger charge is -2.11. The molecule has 1 heterocycles. The van der Waals surface area contributed by atoms with Crippen molar-refractivity contribution in [2.24, 2.45) is 5.10 Å². The summed E-state index contributed by atoms with van der Waals surface area (Å²) in [6.45, 7) is 2.12. The Kier molecular flexibility index (Phi) is 8.58. The zero-order valence-corrected chi connectivity index (χ0v) is 22.0. The van der Waals surface area contributed by atoms with Crippen molar-refractivity contribution in [1.29, 1.82) is 0 Å². The van der Waals surface area contributed by atoms with E-state index in [0.29, 0.717) is 33.7 Å². The van der Waals surface area contributed by atoms with Crippen molar-refractivity contribution in [2.75, 3.05) is 12.4 Å². The second kappa shape index (κ2) is 12.0. The first-order valence-electron chi connectivity index (χ1n) is 11.7. The van der Waals surface area contributed by atoms with Crippen molar-refractivity contribution in [3.63, 3.8) is 0 Å². The van der Waals surface area contributed by atoms with Crippen LogP contribution in [0.3, 0.4) is 0 Å². The SMILES string of the molecule is COC(=O)c1c(NC(=O)C(=O)N/N=C(\C)c2ccc(OCc3ccc(Cl)cc3)cc2)sc2c1CCCC2. The van der Waals surface area contributed by atoms with Crippen molar-refractivity contribution in [3.8, 4) is 5.75 Å².